The molecule has 2 N–H and O–H groups in total. The Morgan fingerprint density at radius 2 is 1.79 bits per heavy atom. The quantitative estimate of drug-likeness (QED) is 0.668. The number of aromatic nitrogens is 1. The summed E-state index contributed by atoms with van der Waals surface area (Å²) in [7, 11) is 0. The number of rotatable bonds is 6. The molecule has 148 valence electrons. The highest BCUT2D eigenvalue weighted by Gasteiger charge is 2.13. The Bertz CT molecular complexity index is 1030. The zero-order valence-electron chi connectivity index (χ0n) is 15.7. The first kappa shape index (κ1) is 18.7. The van der Waals surface area contributed by atoms with Crippen molar-refractivity contribution in [2.24, 2.45) is 0 Å². The van der Waals surface area contributed by atoms with E-state index in [0.717, 1.165) is 11.4 Å². The topological polar surface area (TPSA) is 72.5 Å². The first-order valence-electron chi connectivity index (χ1n) is 9.33. The predicted octanol–water partition coefficient (Wildman–Crippen LogP) is 3.71. The Labute approximate surface area is 167 Å². The number of nitrogens with one attached hydrogen (secondary N) is 2. The summed E-state index contributed by atoms with van der Waals surface area (Å²) in [6.45, 7) is 1.38. The number of carbonyl (C=O) groups excluding carboxylic acids is 1. The molecule has 29 heavy (non-hydrogen) atoms. The van der Waals surface area contributed by atoms with Crippen LogP contribution in [-0.4, -0.2) is 30.6 Å². The minimum absolute atomic E-state index is 0.273. The van der Waals surface area contributed by atoms with Crippen molar-refractivity contribution in [3.63, 3.8) is 0 Å². The van der Waals surface area contributed by atoms with Crippen LogP contribution in [0.15, 0.2) is 60.8 Å². The number of ether oxygens (including phenoxy) is 2. The average Bonchev–Trinajstić information content (AvgIpc) is 2.75. The number of pyridine rings is 1. The summed E-state index contributed by atoms with van der Waals surface area (Å²) in [5.41, 5.74) is 2.37. The van der Waals surface area contributed by atoms with Crippen LogP contribution in [0.3, 0.4) is 0 Å². The molecule has 0 saturated heterocycles. The predicted molar refractivity (Wildman–Crippen MR) is 107 cm³/mol. The van der Waals surface area contributed by atoms with Crippen LogP contribution in [0.5, 0.6) is 11.5 Å². The summed E-state index contributed by atoms with van der Waals surface area (Å²) in [5, 5.41) is 6.01. The molecular weight excluding hydrogens is 373 g/mol. The fraction of sp³-hybridized carbons (Fsp3) is 0.182. The smallest absolute Gasteiger partial charge is 0.269 e. The van der Waals surface area contributed by atoms with E-state index in [-0.39, 0.29) is 17.4 Å². The lowest BCUT2D eigenvalue weighted by molar-refractivity contribution is 0.0949. The first-order valence-corrected chi connectivity index (χ1v) is 9.33. The molecule has 0 saturated carbocycles. The van der Waals surface area contributed by atoms with E-state index in [1.807, 2.05) is 18.2 Å². The second kappa shape index (κ2) is 8.60. The Kier molecular flexibility index (Phi) is 5.56. The third-order valence-electron chi connectivity index (χ3n) is 4.46. The fourth-order valence-corrected chi connectivity index (χ4v) is 3.02. The van der Waals surface area contributed by atoms with E-state index in [1.165, 1.54) is 6.07 Å². The van der Waals surface area contributed by atoms with Crippen LogP contribution in [0.25, 0.3) is 0 Å². The summed E-state index contributed by atoms with van der Waals surface area (Å²) < 4.78 is 24.8. The van der Waals surface area contributed by atoms with Crippen molar-refractivity contribution < 1.29 is 18.7 Å². The molecule has 0 spiro atoms. The maximum Gasteiger partial charge on any atom is 0.269 e. The molecule has 1 amide bonds. The van der Waals surface area contributed by atoms with E-state index in [1.54, 1.807) is 36.5 Å². The molecule has 0 aliphatic carbocycles. The number of hydrogen-bond acceptors (Lipinski definition) is 5. The van der Waals surface area contributed by atoms with E-state index in [0.29, 0.717) is 43.2 Å². The summed E-state index contributed by atoms with van der Waals surface area (Å²) in [6.07, 6.45) is 1.97. The molecule has 0 radical (unpaired) electrons. The van der Waals surface area contributed by atoms with Crippen molar-refractivity contribution in [3.05, 3.63) is 77.9 Å². The third kappa shape index (κ3) is 4.63. The Morgan fingerprint density at radius 3 is 2.66 bits per heavy atom. The van der Waals surface area contributed by atoms with Crippen LogP contribution in [0.2, 0.25) is 0 Å². The molecule has 4 rings (SSSR count). The molecule has 1 aliphatic rings. The number of carbonyl (C=O) groups is 1. The lowest BCUT2D eigenvalue weighted by atomic mass is 10.1. The molecule has 3 aromatic rings. The zero-order chi connectivity index (χ0) is 20.1. The number of hydrogen-bond donors (Lipinski definition) is 2. The summed E-state index contributed by atoms with van der Waals surface area (Å²) in [4.78, 5) is 16.5. The average molecular weight is 393 g/mol. The second-order valence-corrected chi connectivity index (χ2v) is 6.51. The highest BCUT2D eigenvalue weighted by atomic mass is 19.1. The van der Waals surface area contributed by atoms with Gasteiger partial charge in [-0.15, -0.1) is 0 Å². The van der Waals surface area contributed by atoms with Crippen LogP contribution in [0.1, 0.15) is 16.1 Å². The lowest BCUT2D eigenvalue weighted by Gasteiger charge is -2.19. The zero-order valence-corrected chi connectivity index (χ0v) is 15.7. The van der Waals surface area contributed by atoms with Gasteiger partial charge in [0, 0.05) is 30.2 Å². The maximum atomic E-state index is 13.7. The Hall–Kier alpha value is -3.61. The van der Waals surface area contributed by atoms with Gasteiger partial charge in [-0.2, -0.15) is 0 Å². The molecule has 2 heterocycles. The number of fused-ring (bicyclic) bond motifs is 1. The van der Waals surface area contributed by atoms with Crippen LogP contribution in [-0.2, 0) is 6.42 Å². The summed E-state index contributed by atoms with van der Waals surface area (Å²) in [5.74, 6) is 0.811. The second-order valence-electron chi connectivity index (χ2n) is 6.51. The summed E-state index contributed by atoms with van der Waals surface area (Å²) >= 11 is 0. The molecule has 0 fully saturated rings. The number of benzene rings is 2. The lowest BCUT2D eigenvalue weighted by Crippen LogP contribution is -2.26. The van der Waals surface area contributed by atoms with Gasteiger partial charge in [-0.05, 0) is 42.3 Å². The normalized spacial score (nSPS) is 12.3. The molecule has 0 atom stereocenters. The standard InChI is InChI=1S/C22H20FN3O3/c23-18-4-2-1-3-15(18)7-9-25-22(27)19-13-17(8-10-24-19)26-16-5-6-20-21(14-16)29-12-11-28-20/h1-6,8,10,13-14H,7,9,11-12H2,(H,24,26)(H,25,27). The van der Waals surface area contributed by atoms with E-state index >= 15 is 0 Å². The molecular formula is C22H20FN3O3. The van der Waals surface area contributed by atoms with Crippen molar-refractivity contribution in [2.75, 3.05) is 25.1 Å². The van der Waals surface area contributed by atoms with Crippen molar-refractivity contribution in [1.29, 1.82) is 0 Å². The monoisotopic (exact) mass is 393 g/mol. The van der Waals surface area contributed by atoms with Crippen LogP contribution >= 0.6 is 0 Å². The van der Waals surface area contributed by atoms with E-state index in [2.05, 4.69) is 15.6 Å². The van der Waals surface area contributed by atoms with Gasteiger partial charge in [0.2, 0.25) is 0 Å². The molecule has 6 nitrogen and oxygen atoms in total. The van der Waals surface area contributed by atoms with Crippen molar-refractivity contribution >= 4 is 17.3 Å². The third-order valence-corrected chi connectivity index (χ3v) is 4.46. The van der Waals surface area contributed by atoms with Crippen LogP contribution < -0.4 is 20.1 Å². The van der Waals surface area contributed by atoms with E-state index < -0.39 is 0 Å². The minimum Gasteiger partial charge on any atom is -0.486 e. The van der Waals surface area contributed by atoms with Gasteiger partial charge in [-0.3, -0.25) is 9.78 Å². The van der Waals surface area contributed by atoms with Crippen LogP contribution in [0, 0.1) is 5.82 Å². The van der Waals surface area contributed by atoms with Gasteiger partial charge >= 0.3 is 0 Å². The number of halogens is 1. The van der Waals surface area contributed by atoms with Gasteiger partial charge in [0.05, 0.1) is 0 Å². The van der Waals surface area contributed by atoms with Crippen molar-refractivity contribution in [1.82, 2.24) is 10.3 Å². The number of nitrogens with zero attached hydrogens (tertiary/aromatic N) is 1. The van der Waals surface area contributed by atoms with Gasteiger partial charge in [-0.25, -0.2) is 4.39 Å². The SMILES string of the molecule is O=C(NCCc1ccccc1F)c1cc(Nc2ccc3c(c2)OCCO3)ccn1. The Balaban J connectivity index is 1.38. The summed E-state index contributed by atoms with van der Waals surface area (Å²) in [6, 6.07) is 15.5. The minimum atomic E-state index is -0.313. The van der Waals surface area contributed by atoms with Gasteiger partial charge in [0.1, 0.15) is 24.7 Å². The molecule has 0 unspecified atom stereocenters. The fourth-order valence-electron chi connectivity index (χ4n) is 3.02. The van der Waals surface area contributed by atoms with Gasteiger partial charge in [-0.1, -0.05) is 18.2 Å². The number of amides is 1. The van der Waals surface area contributed by atoms with Gasteiger partial charge < -0.3 is 20.1 Å². The van der Waals surface area contributed by atoms with Crippen molar-refractivity contribution in [3.8, 4) is 11.5 Å². The van der Waals surface area contributed by atoms with Gasteiger partial charge in [0.15, 0.2) is 11.5 Å². The van der Waals surface area contributed by atoms with E-state index in [4.69, 9.17) is 9.47 Å². The molecule has 0 bridgehead atoms. The maximum absolute atomic E-state index is 13.7. The largest absolute Gasteiger partial charge is 0.486 e. The van der Waals surface area contributed by atoms with E-state index in [9.17, 15) is 9.18 Å². The van der Waals surface area contributed by atoms with Crippen LogP contribution in [0.4, 0.5) is 15.8 Å². The first-order chi connectivity index (χ1) is 14.2. The molecule has 1 aromatic heterocycles. The number of anilines is 2. The highest BCUT2D eigenvalue weighted by molar-refractivity contribution is 5.93. The highest BCUT2D eigenvalue weighted by Crippen LogP contribution is 2.33. The molecule has 2 aromatic carbocycles. The molecule has 7 heteroatoms. The molecule has 1 aliphatic heterocycles. The van der Waals surface area contributed by atoms with Gasteiger partial charge in [0.25, 0.3) is 5.91 Å². The Morgan fingerprint density at radius 1 is 1.00 bits per heavy atom. The van der Waals surface area contributed by atoms with Crippen molar-refractivity contribution in [2.45, 2.75) is 6.42 Å².